The Morgan fingerprint density at radius 1 is 0.593 bits per heavy atom. The van der Waals surface area contributed by atoms with Crippen molar-refractivity contribution < 1.29 is 4.79 Å². The van der Waals surface area contributed by atoms with Crippen LogP contribution >= 0.6 is 0 Å². The fraction of sp³-hybridized carbons (Fsp3) is 0.500. The van der Waals surface area contributed by atoms with Gasteiger partial charge in [-0.25, -0.2) is 0 Å². The zero-order valence-electron chi connectivity index (χ0n) is 20.4. The van der Waals surface area contributed by atoms with Gasteiger partial charge in [0.2, 0.25) is 0 Å². The maximum absolute atomic E-state index is 10.6. The molecule has 158 valence electrons. The van der Waals surface area contributed by atoms with Crippen LogP contribution < -0.4 is 0 Å². The van der Waals surface area contributed by atoms with Gasteiger partial charge < -0.3 is 0 Å². The summed E-state index contributed by atoms with van der Waals surface area (Å²) in [5.41, 5.74) is 2.19. The second kappa shape index (κ2) is 39.3. The summed E-state index contributed by atoms with van der Waals surface area (Å²) in [5.74, 6) is 0.121. The molecule has 27 heavy (non-hydrogen) atoms. The Labute approximate surface area is 172 Å². The Hall–Kier alpha value is -1.89. The first kappa shape index (κ1) is 36.1. The van der Waals surface area contributed by atoms with Crippen LogP contribution in [0.25, 0.3) is 0 Å². The first-order valence-corrected chi connectivity index (χ1v) is 10.8. The minimum absolute atomic E-state index is 0.121. The molecule has 0 saturated carbocycles. The van der Waals surface area contributed by atoms with E-state index in [0.29, 0.717) is 0 Å². The summed E-state index contributed by atoms with van der Waals surface area (Å²) in [6, 6.07) is 19.7. The molecule has 0 unspecified atom stereocenters. The lowest BCUT2D eigenvalue weighted by atomic mass is 10.2. The van der Waals surface area contributed by atoms with E-state index in [1.807, 2.05) is 106 Å². The van der Waals surface area contributed by atoms with Gasteiger partial charge in [-0.2, -0.15) is 0 Å². The second-order valence-electron chi connectivity index (χ2n) is 3.76. The third kappa shape index (κ3) is 29.1. The average Bonchev–Trinajstić information content (AvgIpc) is 2.82. The largest absolute Gasteiger partial charge is 0.295 e. The Morgan fingerprint density at radius 2 is 0.889 bits per heavy atom. The fourth-order valence-electron chi connectivity index (χ4n) is 1.39. The molecule has 0 saturated heterocycles. The molecule has 0 aromatic heterocycles. The molecule has 0 N–H and O–H groups in total. The lowest BCUT2D eigenvalue weighted by Crippen LogP contribution is -1.88. The molecule has 1 heteroatoms. The number of carbonyl (C=O) groups is 1. The van der Waals surface area contributed by atoms with Crippen molar-refractivity contribution in [1.82, 2.24) is 0 Å². The molecule has 0 aliphatic heterocycles. The quantitative estimate of drug-likeness (QED) is 0.477. The molecule has 0 amide bonds. The Bertz CT molecular complexity index is 432. The predicted octanol–water partition coefficient (Wildman–Crippen LogP) is 9.27. The zero-order chi connectivity index (χ0) is 22.5. The van der Waals surface area contributed by atoms with Crippen LogP contribution in [-0.2, 0) is 6.42 Å². The molecule has 0 fully saturated rings. The van der Waals surface area contributed by atoms with E-state index in [1.165, 1.54) is 5.56 Å². The van der Waals surface area contributed by atoms with E-state index < -0.39 is 0 Å². The van der Waals surface area contributed by atoms with Gasteiger partial charge in [0.15, 0.2) is 5.78 Å². The van der Waals surface area contributed by atoms with E-state index in [-0.39, 0.29) is 5.78 Å². The van der Waals surface area contributed by atoms with E-state index in [2.05, 4.69) is 31.2 Å². The van der Waals surface area contributed by atoms with Crippen LogP contribution in [0.5, 0.6) is 0 Å². The predicted molar refractivity (Wildman–Crippen MR) is 129 cm³/mol. The third-order valence-corrected chi connectivity index (χ3v) is 2.43. The maximum atomic E-state index is 10.6. The van der Waals surface area contributed by atoms with Gasteiger partial charge in [0.25, 0.3) is 0 Å². The lowest BCUT2D eigenvalue weighted by molar-refractivity contribution is 0.101. The zero-order valence-corrected chi connectivity index (χ0v) is 20.4. The SMILES string of the molecule is CC.CC.CC.CC.CC.CC(=O)c1ccccc1.CCc1ccccc1. The standard InChI is InChI=1S/C8H8O.C8H10.5C2H6/c1-7(9)8-5-3-2-4-6-8;1-2-8-6-4-3-5-7-8;5*1-2/h2-6H,1H3;3-7H,2H2,1H3;5*1-2H3. The van der Waals surface area contributed by atoms with Gasteiger partial charge in [-0.15, -0.1) is 0 Å². The van der Waals surface area contributed by atoms with E-state index >= 15 is 0 Å². The van der Waals surface area contributed by atoms with Gasteiger partial charge in [0.1, 0.15) is 0 Å². The molecule has 2 aromatic carbocycles. The van der Waals surface area contributed by atoms with Gasteiger partial charge in [-0.3, -0.25) is 4.79 Å². The van der Waals surface area contributed by atoms with Crippen molar-refractivity contribution in [1.29, 1.82) is 0 Å². The molecule has 0 bridgehead atoms. The fourth-order valence-corrected chi connectivity index (χ4v) is 1.39. The van der Waals surface area contributed by atoms with Crippen molar-refractivity contribution in [2.75, 3.05) is 0 Å². The Balaban J connectivity index is -0.0000000822. The van der Waals surface area contributed by atoms with E-state index in [1.54, 1.807) is 6.92 Å². The van der Waals surface area contributed by atoms with Gasteiger partial charge in [0.05, 0.1) is 0 Å². The number of Topliss-reactive ketones (excluding diaryl/α,β-unsaturated/α-hetero) is 1. The summed E-state index contributed by atoms with van der Waals surface area (Å²) in [6.45, 7) is 23.7. The summed E-state index contributed by atoms with van der Waals surface area (Å²) in [7, 11) is 0. The van der Waals surface area contributed by atoms with Crippen LogP contribution in [0.3, 0.4) is 0 Å². The second-order valence-corrected chi connectivity index (χ2v) is 3.76. The van der Waals surface area contributed by atoms with Crippen molar-refractivity contribution in [3.05, 3.63) is 71.8 Å². The van der Waals surface area contributed by atoms with E-state index in [0.717, 1.165) is 12.0 Å². The highest BCUT2D eigenvalue weighted by Gasteiger charge is 1.92. The lowest BCUT2D eigenvalue weighted by Gasteiger charge is -1.89. The minimum atomic E-state index is 0.121. The average molecular weight is 377 g/mol. The smallest absolute Gasteiger partial charge is 0.159 e. The molecule has 0 heterocycles. The van der Waals surface area contributed by atoms with Crippen molar-refractivity contribution in [2.24, 2.45) is 0 Å². The molecule has 1 nitrogen and oxygen atoms in total. The van der Waals surface area contributed by atoms with Crippen LogP contribution in [-0.4, -0.2) is 5.78 Å². The van der Waals surface area contributed by atoms with Crippen LogP contribution in [0, 0.1) is 0 Å². The van der Waals surface area contributed by atoms with Crippen molar-refractivity contribution >= 4 is 5.78 Å². The summed E-state index contributed by atoms with van der Waals surface area (Å²) >= 11 is 0. The summed E-state index contributed by atoms with van der Waals surface area (Å²) in [5, 5.41) is 0. The number of aryl methyl sites for hydroxylation is 1. The van der Waals surface area contributed by atoms with Crippen LogP contribution in [0.2, 0.25) is 0 Å². The summed E-state index contributed by atoms with van der Waals surface area (Å²) < 4.78 is 0. The van der Waals surface area contributed by atoms with Gasteiger partial charge in [-0.05, 0) is 18.9 Å². The molecular formula is C26H48O. The summed E-state index contributed by atoms with van der Waals surface area (Å²) in [4.78, 5) is 10.6. The molecule has 0 radical (unpaired) electrons. The topological polar surface area (TPSA) is 17.1 Å². The van der Waals surface area contributed by atoms with Crippen molar-refractivity contribution in [2.45, 2.75) is 89.5 Å². The Kier molecular flexibility index (Phi) is 52.5. The Morgan fingerprint density at radius 3 is 1.07 bits per heavy atom. The monoisotopic (exact) mass is 376 g/mol. The normalized spacial score (nSPS) is 6.81. The first-order chi connectivity index (χ1) is 13.2. The van der Waals surface area contributed by atoms with Crippen molar-refractivity contribution in [3.8, 4) is 0 Å². The van der Waals surface area contributed by atoms with E-state index in [4.69, 9.17) is 0 Å². The van der Waals surface area contributed by atoms with Crippen LogP contribution in [0.1, 0.15) is 99.0 Å². The maximum Gasteiger partial charge on any atom is 0.159 e. The molecule has 0 aliphatic carbocycles. The highest BCUT2D eigenvalue weighted by molar-refractivity contribution is 5.93. The van der Waals surface area contributed by atoms with E-state index in [9.17, 15) is 4.79 Å². The summed E-state index contributed by atoms with van der Waals surface area (Å²) in [6.07, 6.45) is 1.14. The highest BCUT2D eigenvalue weighted by atomic mass is 16.1. The molecular weight excluding hydrogens is 328 g/mol. The highest BCUT2D eigenvalue weighted by Crippen LogP contribution is 1.98. The van der Waals surface area contributed by atoms with Crippen molar-refractivity contribution in [3.63, 3.8) is 0 Å². The number of rotatable bonds is 2. The van der Waals surface area contributed by atoms with Crippen LogP contribution in [0.4, 0.5) is 0 Å². The molecule has 0 spiro atoms. The number of ketones is 1. The van der Waals surface area contributed by atoms with Gasteiger partial charge >= 0.3 is 0 Å². The molecule has 0 atom stereocenters. The molecule has 2 rings (SSSR count). The third-order valence-electron chi connectivity index (χ3n) is 2.43. The molecule has 2 aromatic rings. The number of benzene rings is 2. The van der Waals surface area contributed by atoms with Gasteiger partial charge in [0, 0.05) is 5.56 Å². The first-order valence-electron chi connectivity index (χ1n) is 10.8. The van der Waals surface area contributed by atoms with Gasteiger partial charge in [-0.1, -0.05) is 137 Å². The van der Waals surface area contributed by atoms with Crippen LogP contribution in [0.15, 0.2) is 60.7 Å². The minimum Gasteiger partial charge on any atom is -0.295 e. The number of carbonyl (C=O) groups excluding carboxylic acids is 1. The number of hydrogen-bond donors (Lipinski definition) is 0. The number of hydrogen-bond acceptors (Lipinski definition) is 1. The molecule has 0 aliphatic rings.